The molecule has 0 aliphatic rings. The molecule has 0 bridgehead atoms. The number of nitriles is 1. The maximum absolute atomic E-state index is 11.8. The summed E-state index contributed by atoms with van der Waals surface area (Å²) in [4.78, 5) is 16.4. The lowest BCUT2D eigenvalue weighted by Gasteiger charge is -2.17. The summed E-state index contributed by atoms with van der Waals surface area (Å²) < 4.78 is 7.08. The van der Waals surface area contributed by atoms with Crippen molar-refractivity contribution in [1.82, 2.24) is 14.6 Å². The normalized spacial score (nSPS) is 10.9. The number of aryl methyl sites for hydroxylation is 1. The minimum Gasteiger partial charge on any atom is -0.466 e. The van der Waals surface area contributed by atoms with Crippen LogP contribution in [0.1, 0.15) is 49.9 Å². The van der Waals surface area contributed by atoms with Gasteiger partial charge >= 0.3 is 5.97 Å². The maximum Gasteiger partial charge on any atom is 0.305 e. The number of unbranched alkanes of at least 4 members (excludes halogenated alkanes) is 1. The van der Waals surface area contributed by atoms with Gasteiger partial charge in [-0.05, 0) is 68.0 Å². The second-order valence-electron chi connectivity index (χ2n) is 7.72. The Kier molecular flexibility index (Phi) is 7.16. The van der Waals surface area contributed by atoms with Gasteiger partial charge in [-0.15, -0.1) is 11.3 Å². The van der Waals surface area contributed by atoms with Crippen molar-refractivity contribution in [2.45, 2.75) is 46.0 Å². The molecular weight excluding hydrogens is 432 g/mol. The zero-order chi connectivity index (χ0) is 23.2. The number of hydrogen-bond donors (Lipinski definition) is 0. The summed E-state index contributed by atoms with van der Waals surface area (Å²) in [5, 5.41) is 17.3. The molecule has 0 fully saturated rings. The van der Waals surface area contributed by atoms with Crippen molar-refractivity contribution in [3.63, 3.8) is 0 Å². The predicted octanol–water partition coefficient (Wildman–Crippen LogP) is 5.83. The highest BCUT2D eigenvalue weighted by Gasteiger charge is 2.21. The Bertz CT molecular complexity index is 1300. The van der Waals surface area contributed by atoms with E-state index in [1.54, 1.807) is 17.5 Å². The number of fused-ring (bicyclic) bond motifs is 1. The standard InChI is InChI=1S/C26H26N4O2S/c1-3-20-12-13-22-24(19-9-7-8-18(16-19)17-27)21(10-5-6-11-23(31)32-4-2)25(29-30(20)22)26-28-14-15-33-26/h7-9,12-16H,3-6,10-11H2,1-2H3. The van der Waals surface area contributed by atoms with Crippen LogP contribution in [0.4, 0.5) is 0 Å². The number of hydrogen-bond acceptors (Lipinski definition) is 6. The minimum atomic E-state index is -0.160. The molecule has 0 unspecified atom stereocenters. The second-order valence-corrected chi connectivity index (χ2v) is 8.61. The van der Waals surface area contributed by atoms with Gasteiger partial charge in [0, 0.05) is 29.3 Å². The molecule has 3 heterocycles. The van der Waals surface area contributed by atoms with Gasteiger partial charge < -0.3 is 4.74 Å². The van der Waals surface area contributed by atoms with E-state index in [0.717, 1.165) is 64.3 Å². The van der Waals surface area contributed by atoms with Crippen LogP contribution in [0.25, 0.3) is 27.3 Å². The molecule has 4 aromatic rings. The lowest BCUT2D eigenvalue weighted by molar-refractivity contribution is -0.143. The Morgan fingerprint density at radius 1 is 1.21 bits per heavy atom. The predicted molar refractivity (Wildman–Crippen MR) is 130 cm³/mol. The third kappa shape index (κ3) is 4.81. The summed E-state index contributed by atoms with van der Waals surface area (Å²) >= 11 is 1.56. The Morgan fingerprint density at radius 3 is 2.82 bits per heavy atom. The Hall–Kier alpha value is -3.50. The molecule has 168 valence electrons. The van der Waals surface area contributed by atoms with Crippen molar-refractivity contribution in [2.75, 3.05) is 6.61 Å². The molecule has 6 nitrogen and oxygen atoms in total. The van der Waals surface area contributed by atoms with Crippen LogP contribution in [0, 0.1) is 11.3 Å². The van der Waals surface area contributed by atoms with Crippen LogP contribution in [-0.2, 0) is 22.4 Å². The van der Waals surface area contributed by atoms with Gasteiger partial charge in [-0.3, -0.25) is 4.79 Å². The average Bonchev–Trinajstić information content (AvgIpc) is 3.51. The van der Waals surface area contributed by atoms with Gasteiger partial charge in [-0.25, -0.2) is 9.50 Å². The van der Waals surface area contributed by atoms with Crippen LogP contribution in [-0.4, -0.2) is 27.2 Å². The summed E-state index contributed by atoms with van der Waals surface area (Å²) in [6.07, 6.45) is 5.36. The average molecular weight is 459 g/mol. The number of nitrogens with zero attached hydrogens (tertiary/aromatic N) is 4. The monoisotopic (exact) mass is 458 g/mol. The molecule has 1 aromatic carbocycles. The van der Waals surface area contributed by atoms with Crippen LogP contribution < -0.4 is 0 Å². The molecule has 0 radical (unpaired) electrons. The van der Waals surface area contributed by atoms with Gasteiger partial charge in [-0.2, -0.15) is 10.4 Å². The van der Waals surface area contributed by atoms with Crippen LogP contribution >= 0.6 is 11.3 Å². The third-order valence-electron chi connectivity index (χ3n) is 5.62. The van der Waals surface area contributed by atoms with Crippen LogP contribution in [0.5, 0.6) is 0 Å². The smallest absolute Gasteiger partial charge is 0.305 e. The van der Waals surface area contributed by atoms with Crippen molar-refractivity contribution in [3.05, 3.63) is 64.8 Å². The van der Waals surface area contributed by atoms with E-state index in [0.29, 0.717) is 18.6 Å². The second kappa shape index (κ2) is 10.4. The lowest BCUT2D eigenvalue weighted by Crippen LogP contribution is -2.07. The first kappa shape index (κ1) is 22.7. The third-order valence-corrected chi connectivity index (χ3v) is 6.40. The number of rotatable bonds is 9. The molecule has 0 saturated carbocycles. The first-order valence-corrected chi connectivity index (χ1v) is 12.1. The number of esters is 1. The molecule has 4 rings (SSSR count). The number of benzene rings is 1. The molecule has 0 aliphatic carbocycles. The largest absolute Gasteiger partial charge is 0.466 e. The van der Waals surface area contributed by atoms with Gasteiger partial charge in [0.15, 0.2) is 0 Å². The van der Waals surface area contributed by atoms with E-state index in [2.05, 4.69) is 30.1 Å². The Balaban J connectivity index is 1.86. The summed E-state index contributed by atoms with van der Waals surface area (Å²) in [5.41, 5.74) is 6.77. The highest BCUT2D eigenvalue weighted by atomic mass is 32.1. The molecule has 0 amide bonds. The van der Waals surface area contributed by atoms with Gasteiger partial charge in [0.2, 0.25) is 0 Å². The molecule has 0 saturated heterocycles. The molecule has 0 atom stereocenters. The summed E-state index contributed by atoms with van der Waals surface area (Å²) in [7, 11) is 0. The van der Waals surface area contributed by atoms with E-state index in [4.69, 9.17) is 9.84 Å². The number of ether oxygens (including phenoxy) is 1. The first-order chi connectivity index (χ1) is 16.2. The van der Waals surface area contributed by atoms with Crippen LogP contribution in [0.3, 0.4) is 0 Å². The van der Waals surface area contributed by atoms with E-state index in [9.17, 15) is 10.1 Å². The molecule has 0 N–H and O–H groups in total. The van der Waals surface area contributed by atoms with Crippen molar-refractivity contribution < 1.29 is 9.53 Å². The molecule has 33 heavy (non-hydrogen) atoms. The van der Waals surface area contributed by atoms with Crippen LogP contribution in [0.2, 0.25) is 0 Å². The minimum absolute atomic E-state index is 0.160. The van der Waals surface area contributed by atoms with Gasteiger partial charge in [0.05, 0.1) is 23.8 Å². The van der Waals surface area contributed by atoms with E-state index >= 15 is 0 Å². The number of carbonyl (C=O) groups is 1. The van der Waals surface area contributed by atoms with Crippen molar-refractivity contribution >= 4 is 22.8 Å². The summed E-state index contributed by atoms with van der Waals surface area (Å²) in [6, 6.07) is 14.2. The van der Waals surface area contributed by atoms with E-state index in [1.165, 1.54) is 0 Å². The fourth-order valence-electron chi connectivity index (χ4n) is 4.11. The Morgan fingerprint density at radius 2 is 2.09 bits per heavy atom. The fourth-order valence-corrected chi connectivity index (χ4v) is 4.75. The van der Waals surface area contributed by atoms with Crippen molar-refractivity contribution in [1.29, 1.82) is 5.26 Å². The summed E-state index contributed by atoms with van der Waals surface area (Å²) in [5.74, 6) is -0.160. The van der Waals surface area contributed by atoms with Gasteiger partial charge in [0.25, 0.3) is 0 Å². The topological polar surface area (TPSA) is 80.3 Å². The molecular formula is C26H26N4O2S. The summed E-state index contributed by atoms with van der Waals surface area (Å²) in [6.45, 7) is 4.34. The van der Waals surface area contributed by atoms with Crippen molar-refractivity contribution in [2.24, 2.45) is 0 Å². The quantitative estimate of drug-likeness (QED) is 0.233. The molecule has 0 aliphatic heterocycles. The van der Waals surface area contributed by atoms with E-state index in [-0.39, 0.29) is 5.97 Å². The zero-order valence-electron chi connectivity index (χ0n) is 18.9. The molecule has 7 heteroatoms. The highest BCUT2D eigenvalue weighted by molar-refractivity contribution is 7.13. The molecule has 0 spiro atoms. The van der Waals surface area contributed by atoms with Crippen LogP contribution in [0.15, 0.2) is 48.0 Å². The zero-order valence-corrected chi connectivity index (χ0v) is 19.7. The highest BCUT2D eigenvalue weighted by Crippen LogP contribution is 2.37. The van der Waals surface area contributed by atoms with E-state index < -0.39 is 0 Å². The van der Waals surface area contributed by atoms with Crippen molar-refractivity contribution in [3.8, 4) is 27.9 Å². The van der Waals surface area contributed by atoms with Gasteiger partial charge in [0.1, 0.15) is 10.7 Å². The molecule has 3 aromatic heterocycles. The fraction of sp³-hybridized carbons (Fsp3) is 0.308. The Labute approximate surface area is 197 Å². The number of thiazole rings is 1. The SMILES string of the molecule is CCOC(=O)CCCCc1c(-c2nccs2)nn2c(CC)ccc2c1-c1cccc(C#N)c1. The number of carbonyl (C=O) groups excluding carboxylic acids is 1. The van der Waals surface area contributed by atoms with Gasteiger partial charge in [-0.1, -0.05) is 19.1 Å². The maximum atomic E-state index is 11.8. The number of aromatic nitrogens is 3. The first-order valence-electron chi connectivity index (χ1n) is 11.3. The lowest BCUT2D eigenvalue weighted by atomic mass is 9.93. The van der Waals surface area contributed by atoms with E-state index in [1.807, 2.05) is 41.1 Å².